The Kier molecular flexibility index (Phi) is 5.30. The molecule has 2 amide bonds. The molecule has 1 aliphatic rings. The number of carbonyl (C=O) groups is 2. The zero-order chi connectivity index (χ0) is 20.4. The quantitative estimate of drug-likeness (QED) is 0.799. The Hall–Kier alpha value is -3.43. The summed E-state index contributed by atoms with van der Waals surface area (Å²) in [6.07, 6.45) is 0.523. The van der Waals surface area contributed by atoms with Gasteiger partial charge in [-0.05, 0) is 0 Å². The van der Waals surface area contributed by atoms with E-state index in [4.69, 9.17) is 14.2 Å². The summed E-state index contributed by atoms with van der Waals surface area (Å²) >= 11 is 0. The standard InChI is InChI=1S/C18H22N4O6/c1-21-12-5-6-22(9-11(12)15(20-21)17(23)24)18(25)19-10-7-13(26-2)16(28-4)14(8-10)27-3/h7-8H,5-6,9H2,1-4H3,(H,19,25)(H,23,24). The molecular weight excluding hydrogens is 368 g/mol. The number of carboxylic acids is 1. The van der Waals surface area contributed by atoms with Crippen LogP contribution in [0, 0.1) is 0 Å². The number of carboxylic acid groups (broad SMARTS) is 1. The van der Waals surface area contributed by atoms with Crippen LogP contribution in [0.25, 0.3) is 0 Å². The van der Waals surface area contributed by atoms with Crippen molar-refractivity contribution in [2.45, 2.75) is 13.0 Å². The molecule has 10 heteroatoms. The number of rotatable bonds is 5. The molecule has 0 spiro atoms. The highest BCUT2D eigenvalue weighted by Crippen LogP contribution is 2.40. The number of urea groups is 1. The van der Waals surface area contributed by atoms with E-state index in [9.17, 15) is 14.7 Å². The molecule has 1 aromatic heterocycles. The number of aryl methyl sites for hydroxylation is 1. The van der Waals surface area contributed by atoms with Crippen molar-refractivity contribution in [1.82, 2.24) is 14.7 Å². The predicted octanol–water partition coefficient (Wildman–Crippen LogP) is 1.73. The first kappa shape index (κ1) is 19.3. The number of aromatic nitrogens is 2. The monoisotopic (exact) mass is 390 g/mol. The molecule has 150 valence electrons. The largest absolute Gasteiger partial charge is 0.493 e. The fraction of sp³-hybridized carbons (Fsp3) is 0.389. The molecule has 28 heavy (non-hydrogen) atoms. The first-order valence-electron chi connectivity index (χ1n) is 8.53. The lowest BCUT2D eigenvalue weighted by molar-refractivity contribution is 0.0687. The van der Waals surface area contributed by atoms with Gasteiger partial charge in [-0.15, -0.1) is 0 Å². The highest BCUT2D eigenvalue weighted by molar-refractivity contribution is 5.91. The van der Waals surface area contributed by atoms with Gasteiger partial charge >= 0.3 is 12.0 Å². The highest BCUT2D eigenvalue weighted by atomic mass is 16.5. The molecule has 10 nitrogen and oxygen atoms in total. The lowest BCUT2D eigenvalue weighted by atomic mass is 10.1. The molecule has 2 N–H and O–H groups in total. The van der Waals surface area contributed by atoms with Crippen LogP contribution >= 0.6 is 0 Å². The van der Waals surface area contributed by atoms with Gasteiger partial charge in [0, 0.05) is 43.4 Å². The number of nitrogens with one attached hydrogen (secondary N) is 1. The minimum Gasteiger partial charge on any atom is -0.493 e. The van der Waals surface area contributed by atoms with Crippen molar-refractivity contribution in [2.75, 3.05) is 33.2 Å². The second kappa shape index (κ2) is 7.67. The van der Waals surface area contributed by atoms with Crippen LogP contribution in [0.15, 0.2) is 12.1 Å². The van der Waals surface area contributed by atoms with Gasteiger partial charge in [0.25, 0.3) is 0 Å². The minimum atomic E-state index is -1.11. The van der Waals surface area contributed by atoms with Crippen molar-refractivity contribution in [3.05, 3.63) is 29.1 Å². The van der Waals surface area contributed by atoms with Crippen molar-refractivity contribution < 1.29 is 28.9 Å². The van der Waals surface area contributed by atoms with Crippen LogP contribution in [0.4, 0.5) is 10.5 Å². The maximum absolute atomic E-state index is 12.7. The number of hydrogen-bond acceptors (Lipinski definition) is 6. The molecule has 2 heterocycles. The molecule has 0 saturated carbocycles. The summed E-state index contributed by atoms with van der Waals surface area (Å²) in [5.41, 5.74) is 1.83. The number of ether oxygens (including phenoxy) is 3. The van der Waals surface area contributed by atoms with Gasteiger partial charge in [-0.1, -0.05) is 0 Å². The van der Waals surface area contributed by atoms with E-state index >= 15 is 0 Å². The van der Waals surface area contributed by atoms with Gasteiger partial charge in [0.15, 0.2) is 17.2 Å². The minimum absolute atomic E-state index is 0.0252. The summed E-state index contributed by atoms with van der Waals surface area (Å²) in [5, 5.41) is 16.2. The summed E-state index contributed by atoms with van der Waals surface area (Å²) < 4.78 is 17.4. The van der Waals surface area contributed by atoms with E-state index in [0.717, 1.165) is 5.69 Å². The first-order chi connectivity index (χ1) is 13.4. The van der Waals surface area contributed by atoms with Crippen LogP contribution in [-0.2, 0) is 20.0 Å². The van der Waals surface area contributed by atoms with E-state index in [1.807, 2.05) is 0 Å². The van der Waals surface area contributed by atoms with Gasteiger partial charge < -0.3 is 29.5 Å². The van der Waals surface area contributed by atoms with Crippen molar-refractivity contribution in [1.29, 1.82) is 0 Å². The summed E-state index contributed by atoms with van der Waals surface area (Å²) in [6, 6.07) is 2.89. The topological polar surface area (TPSA) is 115 Å². The number of carbonyl (C=O) groups excluding carboxylic acids is 1. The SMILES string of the molecule is COc1cc(NC(=O)N2CCc3c(c(C(=O)O)nn3C)C2)cc(OC)c1OC. The van der Waals surface area contributed by atoms with Crippen LogP contribution in [0.5, 0.6) is 17.2 Å². The number of anilines is 1. The van der Waals surface area contributed by atoms with E-state index in [2.05, 4.69) is 10.4 Å². The Morgan fingerprint density at radius 2 is 1.79 bits per heavy atom. The number of hydrogen-bond donors (Lipinski definition) is 2. The van der Waals surface area contributed by atoms with Crippen LogP contribution in [0.2, 0.25) is 0 Å². The van der Waals surface area contributed by atoms with Crippen LogP contribution < -0.4 is 19.5 Å². The number of benzene rings is 1. The molecule has 0 saturated heterocycles. The van der Waals surface area contributed by atoms with Gasteiger partial charge in [-0.2, -0.15) is 5.10 Å². The maximum Gasteiger partial charge on any atom is 0.356 e. The third-order valence-corrected chi connectivity index (χ3v) is 4.65. The highest BCUT2D eigenvalue weighted by Gasteiger charge is 2.29. The van der Waals surface area contributed by atoms with Crippen LogP contribution in [0.3, 0.4) is 0 Å². The summed E-state index contributed by atoms with van der Waals surface area (Å²) in [6.45, 7) is 0.614. The molecule has 3 rings (SSSR count). The van der Waals surface area contributed by atoms with Crippen molar-refractivity contribution in [2.24, 2.45) is 7.05 Å². The second-order valence-corrected chi connectivity index (χ2v) is 6.22. The lowest BCUT2D eigenvalue weighted by Gasteiger charge is -2.27. The van der Waals surface area contributed by atoms with E-state index in [-0.39, 0.29) is 18.3 Å². The van der Waals surface area contributed by atoms with Gasteiger partial charge in [-0.25, -0.2) is 9.59 Å². The second-order valence-electron chi connectivity index (χ2n) is 6.22. The van der Waals surface area contributed by atoms with E-state index in [1.54, 1.807) is 28.8 Å². The molecule has 0 unspecified atom stereocenters. The Bertz CT molecular complexity index is 898. The normalized spacial score (nSPS) is 12.9. The first-order valence-corrected chi connectivity index (χ1v) is 8.53. The fourth-order valence-corrected chi connectivity index (χ4v) is 3.29. The molecule has 1 aliphatic heterocycles. The molecule has 0 bridgehead atoms. The average molecular weight is 390 g/mol. The van der Waals surface area contributed by atoms with E-state index in [1.165, 1.54) is 21.3 Å². The molecular formula is C18H22N4O6. The molecule has 0 radical (unpaired) electrons. The number of amides is 2. The zero-order valence-corrected chi connectivity index (χ0v) is 16.1. The van der Waals surface area contributed by atoms with E-state index in [0.29, 0.717) is 41.5 Å². The van der Waals surface area contributed by atoms with Gasteiger partial charge in [0.05, 0.1) is 33.6 Å². The van der Waals surface area contributed by atoms with Gasteiger partial charge in [0.2, 0.25) is 5.75 Å². The molecule has 0 fully saturated rings. The smallest absolute Gasteiger partial charge is 0.356 e. The van der Waals surface area contributed by atoms with Crippen LogP contribution in [0.1, 0.15) is 21.7 Å². The number of aromatic carboxylic acids is 1. The van der Waals surface area contributed by atoms with Crippen molar-refractivity contribution in [3.63, 3.8) is 0 Å². The summed E-state index contributed by atoms with van der Waals surface area (Å²) in [4.78, 5) is 25.7. The summed E-state index contributed by atoms with van der Waals surface area (Å²) in [5.74, 6) is 0.146. The zero-order valence-electron chi connectivity index (χ0n) is 16.1. The van der Waals surface area contributed by atoms with Gasteiger partial charge in [-0.3, -0.25) is 4.68 Å². The fourth-order valence-electron chi connectivity index (χ4n) is 3.29. The molecule has 0 aliphatic carbocycles. The average Bonchev–Trinajstić information content (AvgIpc) is 3.03. The number of methoxy groups -OCH3 is 3. The Morgan fingerprint density at radius 3 is 2.32 bits per heavy atom. The lowest BCUT2D eigenvalue weighted by Crippen LogP contribution is -2.39. The third kappa shape index (κ3) is 3.40. The van der Waals surface area contributed by atoms with Crippen molar-refractivity contribution in [3.8, 4) is 17.2 Å². The number of nitrogens with zero attached hydrogens (tertiary/aromatic N) is 3. The predicted molar refractivity (Wildman–Crippen MR) is 99.4 cm³/mol. The van der Waals surface area contributed by atoms with Crippen LogP contribution in [-0.4, -0.2) is 59.7 Å². The molecule has 0 atom stereocenters. The van der Waals surface area contributed by atoms with Gasteiger partial charge in [0.1, 0.15) is 0 Å². The molecule has 2 aromatic rings. The van der Waals surface area contributed by atoms with Crippen molar-refractivity contribution >= 4 is 17.7 Å². The Balaban J connectivity index is 1.82. The third-order valence-electron chi connectivity index (χ3n) is 4.65. The van der Waals surface area contributed by atoms with E-state index < -0.39 is 5.97 Å². The maximum atomic E-state index is 12.7. The summed E-state index contributed by atoms with van der Waals surface area (Å²) in [7, 11) is 6.19. The number of fused-ring (bicyclic) bond motifs is 1. The molecule has 1 aromatic carbocycles. The Morgan fingerprint density at radius 1 is 1.14 bits per heavy atom. The Labute approximate surface area is 161 Å².